The van der Waals surface area contributed by atoms with Gasteiger partial charge in [-0.3, -0.25) is 4.79 Å². The van der Waals surface area contributed by atoms with E-state index in [1.165, 1.54) is 32.4 Å². The molecule has 1 saturated heterocycles. The minimum atomic E-state index is -4.02. The highest BCUT2D eigenvalue weighted by molar-refractivity contribution is 7.89. The molecule has 0 bridgehead atoms. The number of nitrogens with one attached hydrogen (secondary N) is 1. The van der Waals surface area contributed by atoms with Crippen molar-refractivity contribution < 1.29 is 32.2 Å². The summed E-state index contributed by atoms with van der Waals surface area (Å²) in [6, 6.07) is 12.0. The summed E-state index contributed by atoms with van der Waals surface area (Å²) in [5.74, 6) is 0.114. The van der Waals surface area contributed by atoms with E-state index in [1.807, 2.05) is 0 Å². The number of carbonyl (C=O) groups excluding carboxylic acids is 2. The summed E-state index contributed by atoms with van der Waals surface area (Å²) in [5.41, 5.74) is 0.587. The van der Waals surface area contributed by atoms with E-state index in [9.17, 15) is 18.0 Å². The maximum atomic E-state index is 13.0. The minimum absolute atomic E-state index is 0.0496. The lowest BCUT2D eigenvalue weighted by atomic mass is 10.1. The molecule has 2 amide bonds. The predicted octanol–water partition coefficient (Wildman–Crippen LogP) is 1.70. The van der Waals surface area contributed by atoms with Crippen LogP contribution < -0.4 is 14.2 Å². The van der Waals surface area contributed by atoms with Gasteiger partial charge in [-0.2, -0.15) is 0 Å². The summed E-state index contributed by atoms with van der Waals surface area (Å²) < 4.78 is 43.6. The number of imide groups is 1. The molecule has 1 unspecified atom stereocenters. The third kappa shape index (κ3) is 4.49. The van der Waals surface area contributed by atoms with Gasteiger partial charge in [0.15, 0.2) is 18.1 Å². The highest BCUT2D eigenvalue weighted by Crippen LogP contribution is 2.30. The van der Waals surface area contributed by atoms with Crippen LogP contribution in [0.4, 0.5) is 4.79 Å². The van der Waals surface area contributed by atoms with Crippen LogP contribution in [0.15, 0.2) is 53.4 Å². The Hall–Kier alpha value is -3.11. The van der Waals surface area contributed by atoms with Gasteiger partial charge in [-0.25, -0.2) is 22.8 Å². The van der Waals surface area contributed by atoms with Crippen LogP contribution in [0.1, 0.15) is 11.6 Å². The van der Waals surface area contributed by atoms with Gasteiger partial charge < -0.3 is 14.2 Å². The quantitative estimate of drug-likeness (QED) is 0.692. The second-order valence-corrected chi connectivity index (χ2v) is 7.87. The van der Waals surface area contributed by atoms with Crippen molar-refractivity contribution in [2.45, 2.75) is 10.9 Å². The average Bonchev–Trinajstić information content (AvgIpc) is 3.05. The van der Waals surface area contributed by atoms with Crippen molar-refractivity contribution in [3.8, 4) is 11.5 Å². The van der Waals surface area contributed by atoms with Crippen molar-refractivity contribution >= 4 is 22.0 Å². The van der Waals surface area contributed by atoms with Gasteiger partial charge in [0.25, 0.3) is 5.91 Å². The number of sulfonamides is 1. The molecular formula is C19H20N2O7S. The maximum absolute atomic E-state index is 13.0. The van der Waals surface area contributed by atoms with E-state index in [0.717, 1.165) is 4.90 Å². The molecule has 1 heterocycles. The first-order chi connectivity index (χ1) is 13.9. The fourth-order valence-electron chi connectivity index (χ4n) is 2.88. The third-order valence-electron chi connectivity index (χ3n) is 4.37. The molecule has 0 saturated carbocycles. The standard InChI is InChI=1S/C19H20N2O7S/c1-26-16-9-8-14(10-17(16)27-2)29(24,25)20-15(13-6-4-3-5-7-13)11-21-18(22)12-28-19(21)23/h3-10,15,20H,11-12H2,1-2H3. The molecule has 29 heavy (non-hydrogen) atoms. The Labute approximate surface area is 168 Å². The highest BCUT2D eigenvalue weighted by Gasteiger charge is 2.34. The van der Waals surface area contributed by atoms with E-state index in [4.69, 9.17) is 14.2 Å². The molecule has 154 valence electrons. The molecular weight excluding hydrogens is 400 g/mol. The summed E-state index contributed by atoms with van der Waals surface area (Å²) in [6.07, 6.45) is -0.804. The van der Waals surface area contributed by atoms with E-state index in [0.29, 0.717) is 11.3 Å². The van der Waals surface area contributed by atoms with Gasteiger partial charge in [-0.05, 0) is 17.7 Å². The van der Waals surface area contributed by atoms with Crippen molar-refractivity contribution in [1.82, 2.24) is 9.62 Å². The molecule has 9 nitrogen and oxygen atoms in total. The van der Waals surface area contributed by atoms with Gasteiger partial charge in [0.2, 0.25) is 10.0 Å². The fourth-order valence-corrected chi connectivity index (χ4v) is 4.11. The number of cyclic esters (lactones) is 1. The number of benzene rings is 2. The zero-order valence-electron chi connectivity index (χ0n) is 15.8. The predicted molar refractivity (Wildman–Crippen MR) is 102 cm³/mol. The van der Waals surface area contributed by atoms with E-state index < -0.39 is 28.1 Å². The molecule has 0 radical (unpaired) electrons. The van der Waals surface area contributed by atoms with Gasteiger partial charge >= 0.3 is 6.09 Å². The lowest BCUT2D eigenvalue weighted by molar-refractivity contribution is -0.126. The third-order valence-corrected chi connectivity index (χ3v) is 5.84. The highest BCUT2D eigenvalue weighted by atomic mass is 32.2. The van der Waals surface area contributed by atoms with Crippen LogP contribution in [0.5, 0.6) is 11.5 Å². The smallest absolute Gasteiger partial charge is 0.417 e. The number of hydrogen-bond donors (Lipinski definition) is 1. The van der Waals surface area contributed by atoms with Crippen molar-refractivity contribution in [2.75, 3.05) is 27.4 Å². The van der Waals surface area contributed by atoms with Crippen LogP contribution in [0.2, 0.25) is 0 Å². The zero-order chi connectivity index (χ0) is 21.0. The van der Waals surface area contributed by atoms with E-state index in [2.05, 4.69) is 4.72 Å². The Bertz CT molecular complexity index is 992. The average molecular weight is 420 g/mol. The monoisotopic (exact) mass is 420 g/mol. The Morgan fingerprint density at radius 2 is 1.76 bits per heavy atom. The Kier molecular flexibility index (Phi) is 6.04. The summed E-state index contributed by atoms with van der Waals surface area (Å²) in [7, 11) is -1.17. The van der Waals surface area contributed by atoms with Crippen LogP contribution in [0.25, 0.3) is 0 Å². The largest absolute Gasteiger partial charge is 0.493 e. The second-order valence-electron chi connectivity index (χ2n) is 6.16. The summed E-state index contributed by atoms with van der Waals surface area (Å²) >= 11 is 0. The molecule has 2 aromatic rings. The maximum Gasteiger partial charge on any atom is 0.417 e. The van der Waals surface area contributed by atoms with Crippen LogP contribution >= 0.6 is 0 Å². The fraction of sp³-hybridized carbons (Fsp3) is 0.263. The van der Waals surface area contributed by atoms with Crippen molar-refractivity contribution in [2.24, 2.45) is 0 Å². The zero-order valence-corrected chi connectivity index (χ0v) is 16.6. The van der Waals surface area contributed by atoms with Crippen molar-refractivity contribution in [3.63, 3.8) is 0 Å². The van der Waals surface area contributed by atoms with Crippen LogP contribution in [-0.4, -0.2) is 52.7 Å². The molecule has 1 aliphatic rings. The number of amides is 2. The first-order valence-electron chi connectivity index (χ1n) is 8.62. The summed E-state index contributed by atoms with van der Waals surface area (Å²) in [6.45, 7) is -0.559. The van der Waals surface area contributed by atoms with E-state index in [1.54, 1.807) is 30.3 Å². The van der Waals surface area contributed by atoms with Gasteiger partial charge in [-0.15, -0.1) is 0 Å². The SMILES string of the molecule is COc1ccc(S(=O)(=O)NC(CN2C(=O)COC2=O)c2ccccc2)cc1OC. The first-order valence-corrected chi connectivity index (χ1v) is 10.1. The lowest BCUT2D eigenvalue weighted by Crippen LogP contribution is -2.40. The lowest BCUT2D eigenvalue weighted by Gasteiger charge is -2.23. The second kappa shape index (κ2) is 8.50. The van der Waals surface area contributed by atoms with Crippen LogP contribution in [-0.2, 0) is 19.6 Å². The Morgan fingerprint density at radius 3 is 2.34 bits per heavy atom. The number of ether oxygens (including phenoxy) is 3. The van der Waals surface area contributed by atoms with Gasteiger partial charge in [-0.1, -0.05) is 30.3 Å². The molecule has 0 aromatic heterocycles. The molecule has 10 heteroatoms. The summed E-state index contributed by atoms with van der Waals surface area (Å²) in [5, 5.41) is 0. The molecule has 2 aromatic carbocycles. The number of methoxy groups -OCH3 is 2. The Morgan fingerprint density at radius 1 is 1.07 bits per heavy atom. The Balaban J connectivity index is 1.92. The molecule has 3 rings (SSSR count). The minimum Gasteiger partial charge on any atom is -0.493 e. The van der Waals surface area contributed by atoms with E-state index in [-0.39, 0.29) is 23.8 Å². The molecule has 1 fully saturated rings. The number of carbonyl (C=O) groups is 2. The topological polar surface area (TPSA) is 111 Å². The molecule has 0 aliphatic carbocycles. The molecule has 0 spiro atoms. The van der Waals surface area contributed by atoms with Crippen molar-refractivity contribution in [3.05, 3.63) is 54.1 Å². The normalized spacial score (nSPS) is 15.2. The molecule has 1 N–H and O–H groups in total. The number of hydrogen-bond acceptors (Lipinski definition) is 7. The van der Waals surface area contributed by atoms with Gasteiger partial charge in [0, 0.05) is 6.07 Å². The van der Waals surface area contributed by atoms with Crippen LogP contribution in [0, 0.1) is 0 Å². The number of rotatable bonds is 8. The van der Waals surface area contributed by atoms with Gasteiger partial charge in [0.1, 0.15) is 0 Å². The summed E-state index contributed by atoms with van der Waals surface area (Å²) in [4.78, 5) is 24.6. The molecule has 1 aliphatic heterocycles. The van der Waals surface area contributed by atoms with Crippen LogP contribution in [0.3, 0.4) is 0 Å². The number of nitrogens with zero attached hydrogens (tertiary/aromatic N) is 1. The van der Waals surface area contributed by atoms with Crippen molar-refractivity contribution in [1.29, 1.82) is 0 Å². The first kappa shape index (κ1) is 20.6. The van der Waals surface area contributed by atoms with Gasteiger partial charge in [0.05, 0.1) is 31.7 Å². The molecule has 1 atom stereocenters. The van der Waals surface area contributed by atoms with E-state index >= 15 is 0 Å².